The predicted molar refractivity (Wildman–Crippen MR) is 70.2 cm³/mol. The molecular formula is C13H17N3O2. The molecule has 2 aromatic rings. The van der Waals surface area contributed by atoms with Crippen LogP contribution in [0.1, 0.15) is 19.2 Å². The molecule has 18 heavy (non-hydrogen) atoms. The van der Waals surface area contributed by atoms with Crippen molar-refractivity contribution in [1.29, 1.82) is 0 Å². The minimum absolute atomic E-state index is 0.0347. The largest absolute Gasteiger partial charge is 0.441 e. The van der Waals surface area contributed by atoms with Crippen LogP contribution in [0, 0.1) is 12.8 Å². The third-order valence-corrected chi connectivity index (χ3v) is 2.71. The van der Waals surface area contributed by atoms with Gasteiger partial charge in [-0.3, -0.25) is 4.79 Å². The SMILES string of the molecule is Cc1nc2cc(NC(=O)CC(C)CN)ccc2o1. The number of rotatable bonds is 4. The Morgan fingerprint density at radius 3 is 3.06 bits per heavy atom. The van der Waals surface area contributed by atoms with Crippen LogP contribution >= 0.6 is 0 Å². The number of aryl methyl sites for hydroxylation is 1. The number of aromatic nitrogens is 1. The Bertz CT molecular complexity index is 562. The van der Waals surface area contributed by atoms with Gasteiger partial charge in [-0.25, -0.2) is 4.98 Å². The molecule has 1 amide bonds. The normalized spacial score (nSPS) is 12.6. The molecule has 0 radical (unpaired) electrons. The summed E-state index contributed by atoms with van der Waals surface area (Å²) in [4.78, 5) is 15.9. The summed E-state index contributed by atoms with van der Waals surface area (Å²) in [5, 5.41) is 2.83. The van der Waals surface area contributed by atoms with Crippen LogP contribution in [-0.2, 0) is 4.79 Å². The molecule has 1 aromatic carbocycles. The van der Waals surface area contributed by atoms with E-state index in [-0.39, 0.29) is 11.8 Å². The molecule has 3 N–H and O–H groups in total. The van der Waals surface area contributed by atoms with Gasteiger partial charge in [0, 0.05) is 19.0 Å². The predicted octanol–water partition coefficient (Wildman–Crippen LogP) is 2.06. The van der Waals surface area contributed by atoms with Gasteiger partial charge in [0.25, 0.3) is 0 Å². The van der Waals surface area contributed by atoms with Crippen molar-refractivity contribution in [3.05, 3.63) is 24.1 Å². The number of benzene rings is 1. The van der Waals surface area contributed by atoms with E-state index in [1.54, 1.807) is 25.1 Å². The Balaban J connectivity index is 2.09. The zero-order valence-electron chi connectivity index (χ0n) is 10.6. The summed E-state index contributed by atoms with van der Waals surface area (Å²) < 4.78 is 5.37. The fourth-order valence-corrected chi connectivity index (χ4v) is 1.73. The van der Waals surface area contributed by atoms with Crippen molar-refractivity contribution in [2.24, 2.45) is 11.7 Å². The summed E-state index contributed by atoms with van der Waals surface area (Å²) >= 11 is 0. The Labute approximate surface area is 105 Å². The van der Waals surface area contributed by atoms with Gasteiger partial charge in [0.1, 0.15) is 5.52 Å². The van der Waals surface area contributed by atoms with Crippen LogP contribution in [0.25, 0.3) is 11.1 Å². The molecular weight excluding hydrogens is 230 g/mol. The molecule has 0 aliphatic heterocycles. The van der Waals surface area contributed by atoms with Gasteiger partial charge in [-0.2, -0.15) is 0 Å². The molecule has 0 spiro atoms. The zero-order chi connectivity index (χ0) is 13.1. The van der Waals surface area contributed by atoms with E-state index in [0.29, 0.717) is 18.9 Å². The van der Waals surface area contributed by atoms with Crippen LogP contribution in [0.4, 0.5) is 5.69 Å². The molecule has 0 aliphatic rings. The molecule has 2 rings (SSSR count). The Hall–Kier alpha value is -1.88. The number of hydrogen-bond acceptors (Lipinski definition) is 4. The van der Waals surface area contributed by atoms with Gasteiger partial charge in [0.05, 0.1) is 0 Å². The minimum Gasteiger partial charge on any atom is -0.441 e. The van der Waals surface area contributed by atoms with Crippen LogP contribution in [0.2, 0.25) is 0 Å². The number of fused-ring (bicyclic) bond motifs is 1. The van der Waals surface area contributed by atoms with Crippen LogP contribution in [0.3, 0.4) is 0 Å². The molecule has 1 aromatic heterocycles. The number of nitrogens with one attached hydrogen (secondary N) is 1. The first-order valence-corrected chi connectivity index (χ1v) is 5.95. The monoisotopic (exact) mass is 247 g/mol. The molecule has 96 valence electrons. The number of carbonyl (C=O) groups excluding carboxylic acids is 1. The molecule has 0 saturated heterocycles. The highest BCUT2D eigenvalue weighted by atomic mass is 16.3. The topological polar surface area (TPSA) is 81.2 Å². The van der Waals surface area contributed by atoms with Crippen molar-refractivity contribution in [3.63, 3.8) is 0 Å². The van der Waals surface area contributed by atoms with E-state index in [4.69, 9.17) is 10.2 Å². The second-order valence-electron chi connectivity index (χ2n) is 4.51. The van der Waals surface area contributed by atoms with Crippen molar-refractivity contribution >= 4 is 22.7 Å². The van der Waals surface area contributed by atoms with Crippen molar-refractivity contribution in [1.82, 2.24) is 4.98 Å². The zero-order valence-corrected chi connectivity index (χ0v) is 10.6. The first-order valence-electron chi connectivity index (χ1n) is 5.95. The molecule has 1 atom stereocenters. The molecule has 5 heteroatoms. The lowest BCUT2D eigenvalue weighted by Crippen LogP contribution is -2.20. The van der Waals surface area contributed by atoms with Gasteiger partial charge >= 0.3 is 0 Å². The van der Waals surface area contributed by atoms with E-state index in [2.05, 4.69) is 10.3 Å². The lowest BCUT2D eigenvalue weighted by molar-refractivity contribution is -0.116. The number of oxazole rings is 1. The maximum absolute atomic E-state index is 11.7. The molecule has 0 saturated carbocycles. The molecule has 0 aliphatic carbocycles. The summed E-state index contributed by atoms with van der Waals surface area (Å²) in [7, 11) is 0. The lowest BCUT2D eigenvalue weighted by Gasteiger charge is -2.08. The van der Waals surface area contributed by atoms with Gasteiger partial charge < -0.3 is 15.5 Å². The molecule has 0 fully saturated rings. The average molecular weight is 247 g/mol. The number of hydrogen-bond donors (Lipinski definition) is 2. The van der Waals surface area contributed by atoms with Gasteiger partial charge in [-0.1, -0.05) is 6.92 Å². The van der Waals surface area contributed by atoms with Crippen LogP contribution < -0.4 is 11.1 Å². The van der Waals surface area contributed by atoms with E-state index in [9.17, 15) is 4.79 Å². The molecule has 5 nitrogen and oxygen atoms in total. The van der Waals surface area contributed by atoms with Crippen LogP contribution in [-0.4, -0.2) is 17.4 Å². The lowest BCUT2D eigenvalue weighted by atomic mass is 10.1. The molecule has 0 bridgehead atoms. The fraction of sp³-hybridized carbons (Fsp3) is 0.385. The van der Waals surface area contributed by atoms with Crippen molar-refractivity contribution in [3.8, 4) is 0 Å². The summed E-state index contributed by atoms with van der Waals surface area (Å²) in [5.74, 6) is 0.765. The second-order valence-corrected chi connectivity index (χ2v) is 4.51. The van der Waals surface area contributed by atoms with Crippen molar-refractivity contribution < 1.29 is 9.21 Å². The van der Waals surface area contributed by atoms with Gasteiger partial charge in [0.15, 0.2) is 11.5 Å². The fourth-order valence-electron chi connectivity index (χ4n) is 1.73. The summed E-state index contributed by atoms with van der Waals surface area (Å²) in [6.45, 7) is 4.25. The highest BCUT2D eigenvalue weighted by Gasteiger charge is 2.09. The number of nitrogens with two attached hydrogens (primary N) is 1. The first-order chi connectivity index (χ1) is 8.58. The standard InChI is InChI=1S/C13H17N3O2/c1-8(7-14)5-13(17)16-10-3-4-12-11(6-10)15-9(2)18-12/h3-4,6,8H,5,7,14H2,1-2H3,(H,16,17). The van der Waals surface area contributed by atoms with Crippen LogP contribution in [0.15, 0.2) is 22.6 Å². The van der Waals surface area contributed by atoms with Crippen LogP contribution in [0.5, 0.6) is 0 Å². The Morgan fingerprint density at radius 2 is 2.33 bits per heavy atom. The number of amides is 1. The maximum Gasteiger partial charge on any atom is 0.224 e. The number of carbonyl (C=O) groups is 1. The maximum atomic E-state index is 11.7. The van der Waals surface area contributed by atoms with Gasteiger partial charge in [-0.05, 0) is 30.7 Å². The third-order valence-electron chi connectivity index (χ3n) is 2.71. The summed E-state index contributed by atoms with van der Waals surface area (Å²) in [6, 6.07) is 5.41. The quantitative estimate of drug-likeness (QED) is 0.866. The van der Waals surface area contributed by atoms with E-state index in [0.717, 1.165) is 16.8 Å². The third kappa shape index (κ3) is 2.87. The number of anilines is 1. The molecule has 1 unspecified atom stereocenters. The first kappa shape index (κ1) is 12.6. The van der Waals surface area contributed by atoms with E-state index < -0.39 is 0 Å². The van der Waals surface area contributed by atoms with Crippen molar-refractivity contribution in [2.45, 2.75) is 20.3 Å². The Morgan fingerprint density at radius 1 is 1.56 bits per heavy atom. The van der Waals surface area contributed by atoms with Gasteiger partial charge in [0.2, 0.25) is 5.91 Å². The summed E-state index contributed by atoms with van der Waals surface area (Å²) in [5.41, 5.74) is 7.69. The smallest absolute Gasteiger partial charge is 0.224 e. The number of nitrogens with zero attached hydrogens (tertiary/aromatic N) is 1. The van der Waals surface area contributed by atoms with Crippen molar-refractivity contribution in [2.75, 3.05) is 11.9 Å². The Kier molecular flexibility index (Phi) is 3.62. The highest BCUT2D eigenvalue weighted by Crippen LogP contribution is 2.20. The minimum atomic E-state index is -0.0347. The highest BCUT2D eigenvalue weighted by molar-refractivity contribution is 5.92. The summed E-state index contributed by atoms with van der Waals surface area (Å²) in [6.07, 6.45) is 0.423. The van der Waals surface area contributed by atoms with Gasteiger partial charge in [-0.15, -0.1) is 0 Å². The average Bonchev–Trinajstić information content (AvgIpc) is 2.68. The second kappa shape index (κ2) is 5.18. The van der Waals surface area contributed by atoms with E-state index in [1.807, 2.05) is 6.92 Å². The van der Waals surface area contributed by atoms with E-state index in [1.165, 1.54) is 0 Å². The molecule has 1 heterocycles. The van der Waals surface area contributed by atoms with E-state index >= 15 is 0 Å².